The molecule has 1 unspecified atom stereocenters. The molecule has 2 nitrogen and oxygen atoms in total. The van der Waals surface area contributed by atoms with E-state index in [4.69, 9.17) is 4.74 Å². The molecular formula is C16H20O2. The van der Waals surface area contributed by atoms with Crippen LogP contribution in [0.2, 0.25) is 0 Å². The van der Waals surface area contributed by atoms with Gasteiger partial charge in [0.05, 0.1) is 6.61 Å². The molecule has 1 fully saturated rings. The SMILES string of the molecule is O=C(CC1CCOc2ccccc21)C1CCCC1. The van der Waals surface area contributed by atoms with Crippen LogP contribution in [0, 0.1) is 5.92 Å². The highest BCUT2D eigenvalue weighted by atomic mass is 16.5. The Kier molecular flexibility index (Phi) is 3.35. The third-order valence-corrected chi connectivity index (χ3v) is 4.34. The number of para-hydroxylation sites is 1. The zero-order valence-corrected chi connectivity index (χ0v) is 10.7. The van der Waals surface area contributed by atoms with Gasteiger partial charge in [-0.05, 0) is 36.8 Å². The lowest BCUT2D eigenvalue weighted by atomic mass is 9.85. The third kappa shape index (κ3) is 2.29. The van der Waals surface area contributed by atoms with Crippen molar-refractivity contribution in [2.45, 2.75) is 44.4 Å². The molecule has 2 aliphatic rings. The van der Waals surface area contributed by atoms with E-state index in [1.165, 1.54) is 18.4 Å². The van der Waals surface area contributed by atoms with E-state index < -0.39 is 0 Å². The fourth-order valence-electron chi connectivity index (χ4n) is 3.29. The molecule has 0 aromatic heterocycles. The second-order valence-corrected chi connectivity index (χ2v) is 5.52. The average Bonchev–Trinajstić information content (AvgIpc) is 2.93. The maximum absolute atomic E-state index is 12.3. The van der Waals surface area contributed by atoms with Gasteiger partial charge in [0.1, 0.15) is 11.5 Å². The number of ketones is 1. The van der Waals surface area contributed by atoms with E-state index in [1.807, 2.05) is 18.2 Å². The van der Waals surface area contributed by atoms with E-state index in [2.05, 4.69) is 6.07 Å². The van der Waals surface area contributed by atoms with Crippen LogP contribution in [0.3, 0.4) is 0 Å². The molecule has 1 aliphatic heterocycles. The second-order valence-electron chi connectivity index (χ2n) is 5.52. The molecule has 1 saturated carbocycles. The Morgan fingerprint density at radius 3 is 2.78 bits per heavy atom. The lowest BCUT2D eigenvalue weighted by Gasteiger charge is -2.26. The zero-order valence-electron chi connectivity index (χ0n) is 10.7. The standard InChI is InChI=1S/C16H20O2/c17-15(12-5-1-2-6-12)11-13-9-10-18-16-8-4-3-7-14(13)16/h3-4,7-8,12-13H,1-2,5-6,9-11H2. The van der Waals surface area contributed by atoms with Crippen LogP contribution in [-0.4, -0.2) is 12.4 Å². The van der Waals surface area contributed by atoms with E-state index in [9.17, 15) is 4.79 Å². The number of ether oxygens (including phenoxy) is 1. The number of rotatable bonds is 3. The molecule has 18 heavy (non-hydrogen) atoms. The highest BCUT2D eigenvalue weighted by Crippen LogP contribution is 2.37. The Balaban J connectivity index is 1.72. The van der Waals surface area contributed by atoms with Crippen LogP contribution in [-0.2, 0) is 4.79 Å². The summed E-state index contributed by atoms with van der Waals surface area (Å²) in [6, 6.07) is 8.17. The minimum Gasteiger partial charge on any atom is -0.493 e. The monoisotopic (exact) mass is 244 g/mol. The first-order chi connectivity index (χ1) is 8.84. The topological polar surface area (TPSA) is 26.3 Å². The molecule has 1 aliphatic carbocycles. The summed E-state index contributed by atoms with van der Waals surface area (Å²) in [7, 11) is 0. The normalized spacial score (nSPS) is 23.4. The van der Waals surface area contributed by atoms with Crippen LogP contribution in [0.4, 0.5) is 0 Å². The van der Waals surface area contributed by atoms with Crippen LogP contribution in [0.1, 0.15) is 50.0 Å². The highest BCUT2D eigenvalue weighted by Gasteiger charge is 2.28. The zero-order chi connectivity index (χ0) is 12.4. The molecular weight excluding hydrogens is 224 g/mol. The number of benzene rings is 1. The summed E-state index contributed by atoms with van der Waals surface area (Å²) in [5.41, 5.74) is 1.23. The van der Waals surface area contributed by atoms with Crippen molar-refractivity contribution in [2.24, 2.45) is 5.92 Å². The molecule has 1 atom stereocenters. The Hall–Kier alpha value is -1.31. The Morgan fingerprint density at radius 2 is 1.94 bits per heavy atom. The number of fused-ring (bicyclic) bond motifs is 1. The van der Waals surface area contributed by atoms with Gasteiger partial charge in [0.25, 0.3) is 0 Å². The molecule has 3 rings (SSSR count). The van der Waals surface area contributed by atoms with Crippen LogP contribution in [0.5, 0.6) is 5.75 Å². The van der Waals surface area contributed by atoms with Crippen LogP contribution in [0.25, 0.3) is 0 Å². The number of hydrogen-bond acceptors (Lipinski definition) is 2. The number of carbonyl (C=O) groups excluding carboxylic acids is 1. The molecule has 1 aromatic rings. The molecule has 96 valence electrons. The Bertz CT molecular complexity index is 432. The molecule has 0 bridgehead atoms. The summed E-state index contributed by atoms with van der Waals surface area (Å²) in [6.07, 6.45) is 6.40. The summed E-state index contributed by atoms with van der Waals surface area (Å²) in [5.74, 6) is 2.19. The van der Waals surface area contributed by atoms with Gasteiger partial charge in [0.2, 0.25) is 0 Å². The first-order valence-corrected chi connectivity index (χ1v) is 7.09. The van der Waals surface area contributed by atoms with Crippen LogP contribution < -0.4 is 4.74 Å². The van der Waals surface area contributed by atoms with E-state index >= 15 is 0 Å². The van der Waals surface area contributed by atoms with Crippen molar-refractivity contribution in [1.82, 2.24) is 0 Å². The van der Waals surface area contributed by atoms with Crippen molar-refractivity contribution in [3.63, 3.8) is 0 Å². The van der Waals surface area contributed by atoms with Crippen molar-refractivity contribution < 1.29 is 9.53 Å². The van der Waals surface area contributed by atoms with Gasteiger partial charge in [-0.15, -0.1) is 0 Å². The molecule has 0 radical (unpaired) electrons. The van der Waals surface area contributed by atoms with E-state index in [1.54, 1.807) is 0 Å². The van der Waals surface area contributed by atoms with Gasteiger partial charge in [-0.3, -0.25) is 4.79 Å². The molecule has 1 heterocycles. The molecule has 0 spiro atoms. The smallest absolute Gasteiger partial charge is 0.136 e. The maximum atomic E-state index is 12.3. The second kappa shape index (κ2) is 5.13. The van der Waals surface area contributed by atoms with Crippen molar-refractivity contribution in [2.75, 3.05) is 6.61 Å². The van der Waals surface area contributed by atoms with Gasteiger partial charge in [0, 0.05) is 12.3 Å². The minimum absolute atomic E-state index is 0.347. The quantitative estimate of drug-likeness (QED) is 0.810. The predicted octanol–water partition coefficient (Wildman–Crippen LogP) is 3.70. The van der Waals surface area contributed by atoms with E-state index in [-0.39, 0.29) is 0 Å². The lowest BCUT2D eigenvalue weighted by molar-refractivity contribution is -0.123. The summed E-state index contributed by atoms with van der Waals surface area (Å²) < 4.78 is 5.65. The maximum Gasteiger partial charge on any atom is 0.136 e. The molecule has 2 heteroatoms. The predicted molar refractivity (Wildman–Crippen MR) is 70.9 cm³/mol. The van der Waals surface area contributed by atoms with E-state index in [0.717, 1.165) is 31.6 Å². The third-order valence-electron chi connectivity index (χ3n) is 4.34. The van der Waals surface area contributed by atoms with Crippen molar-refractivity contribution in [3.8, 4) is 5.75 Å². The van der Waals surface area contributed by atoms with Crippen molar-refractivity contribution in [3.05, 3.63) is 29.8 Å². The van der Waals surface area contributed by atoms with Gasteiger partial charge in [-0.2, -0.15) is 0 Å². The largest absolute Gasteiger partial charge is 0.493 e. The van der Waals surface area contributed by atoms with Gasteiger partial charge < -0.3 is 4.74 Å². The Morgan fingerprint density at radius 1 is 1.17 bits per heavy atom. The molecule has 0 N–H and O–H groups in total. The summed E-state index contributed by atoms with van der Waals surface area (Å²) in [5, 5.41) is 0. The first-order valence-electron chi connectivity index (χ1n) is 7.09. The molecule has 0 amide bonds. The minimum atomic E-state index is 0.347. The summed E-state index contributed by atoms with van der Waals surface area (Å²) >= 11 is 0. The number of hydrogen-bond donors (Lipinski definition) is 0. The number of Topliss-reactive ketones (excluding diaryl/α,β-unsaturated/α-hetero) is 1. The first kappa shape index (κ1) is 11.8. The van der Waals surface area contributed by atoms with Gasteiger partial charge >= 0.3 is 0 Å². The number of carbonyl (C=O) groups is 1. The fraction of sp³-hybridized carbons (Fsp3) is 0.562. The summed E-state index contributed by atoms with van der Waals surface area (Å²) in [6.45, 7) is 0.750. The average molecular weight is 244 g/mol. The van der Waals surface area contributed by atoms with Gasteiger partial charge in [-0.25, -0.2) is 0 Å². The van der Waals surface area contributed by atoms with Crippen LogP contribution >= 0.6 is 0 Å². The van der Waals surface area contributed by atoms with Gasteiger partial charge in [-0.1, -0.05) is 31.0 Å². The van der Waals surface area contributed by atoms with Crippen molar-refractivity contribution >= 4 is 5.78 Å². The Labute approximate surface area is 108 Å². The van der Waals surface area contributed by atoms with Crippen LogP contribution in [0.15, 0.2) is 24.3 Å². The van der Waals surface area contributed by atoms with Gasteiger partial charge in [0.15, 0.2) is 0 Å². The van der Waals surface area contributed by atoms with E-state index in [0.29, 0.717) is 24.0 Å². The summed E-state index contributed by atoms with van der Waals surface area (Å²) in [4.78, 5) is 12.3. The highest BCUT2D eigenvalue weighted by molar-refractivity contribution is 5.82. The molecule has 1 aromatic carbocycles. The lowest BCUT2D eigenvalue weighted by Crippen LogP contribution is -2.20. The van der Waals surface area contributed by atoms with Crippen molar-refractivity contribution in [1.29, 1.82) is 0 Å². The fourth-order valence-corrected chi connectivity index (χ4v) is 3.29. The molecule has 0 saturated heterocycles.